The Morgan fingerprint density at radius 2 is 1.64 bits per heavy atom. The standard InChI is InChI=1S/C6H13ClO3Si/c1-8-11(9-2,10-3)6-4-5-7/h4,6H,5H2,1-3H3/b6-4+. The molecule has 0 saturated carbocycles. The number of halogens is 1. The van der Waals surface area contributed by atoms with Gasteiger partial charge in [-0.2, -0.15) is 0 Å². The van der Waals surface area contributed by atoms with Gasteiger partial charge in [0.1, 0.15) is 0 Å². The van der Waals surface area contributed by atoms with Gasteiger partial charge in [-0.3, -0.25) is 0 Å². The van der Waals surface area contributed by atoms with Crippen LogP contribution in [0, 0.1) is 0 Å². The van der Waals surface area contributed by atoms with Gasteiger partial charge < -0.3 is 13.3 Å². The van der Waals surface area contributed by atoms with Crippen molar-refractivity contribution in [2.24, 2.45) is 0 Å². The predicted octanol–water partition coefficient (Wildman–Crippen LogP) is 1.20. The lowest BCUT2D eigenvalue weighted by atomic mass is 10.8. The van der Waals surface area contributed by atoms with Gasteiger partial charge in [0.05, 0.1) is 0 Å². The monoisotopic (exact) mass is 196 g/mol. The molecule has 0 radical (unpaired) electrons. The quantitative estimate of drug-likeness (QED) is 0.489. The normalized spacial score (nSPS) is 12.7. The van der Waals surface area contributed by atoms with Crippen LogP contribution >= 0.6 is 11.6 Å². The van der Waals surface area contributed by atoms with Gasteiger partial charge in [-0.15, -0.1) is 11.6 Å². The predicted molar refractivity (Wildman–Crippen MR) is 46.6 cm³/mol. The molecule has 0 aromatic rings. The smallest absolute Gasteiger partial charge is 0.374 e. The molecule has 0 aliphatic heterocycles. The van der Waals surface area contributed by atoms with Crippen LogP contribution in [0.25, 0.3) is 0 Å². The highest BCUT2D eigenvalue weighted by Crippen LogP contribution is 2.07. The number of rotatable bonds is 5. The van der Waals surface area contributed by atoms with E-state index in [1.165, 1.54) is 0 Å². The lowest BCUT2D eigenvalue weighted by Crippen LogP contribution is -2.40. The second-order valence-electron chi connectivity index (χ2n) is 1.77. The van der Waals surface area contributed by atoms with E-state index in [1.807, 2.05) is 0 Å². The molecule has 0 spiro atoms. The Morgan fingerprint density at radius 3 is 1.91 bits per heavy atom. The van der Waals surface area contributed by atoms with E-state index in [1.54, 1.807) is 33.1 Å². The summed E-state index contributed by atoms with van der Waals surface area (Å²) in [6.07, 6.45) is 1.75. The lowest BCUT2D eigenvalue weighted by molar-refractivity contribution is 0.138. The molecule has 0 aliphatic carbocycles. The summed E-state index contributed by atoms with van der Waals surface area (Å²) in [4.78, 5) is 0. The highest BCUT2D eigenvalue weighted by atomic mass is 35.5. The molecule has 0 unspecified atom stereocenters. The SMILES string of the molecule is CO[Si](/C=C/CCl)(OC)OC. The van der Waals surface area contributed by atoms with Crippen molar-refractivity contribution < 1.29 is 13.3 Å². The summed E-state index contributed by atoms with van der Waals surface area (Å²) in [6.45, 7) is 0. The molecule has 0 N–H and O–H groups in total. The van der Waals surface area contributed by atoms with E-state index in [0.29, 0.717) is 5.88 Å². The molecule has 0 atom stereocenters. The van der Waals surface area contributed by atoms with Gasteiger partial charge in [0.25, 0.3) is 0 Å². The summed E-state index contributed by atoms with van der Waals surface area (Å²) >= 11 is 5.45. The molecule has 0 aromatic carbocycles. The minimum absolute atomic E-state index is 0.435. The zero-order valence-corrected chi connectivity index (χ0v) is 8.72. The fourth-order valence-corrected chi connectivity index (χ4v) is 2.20. The fraction of sp³-hybridized carbons (Fsp3) is 0.667. The summed E-state index contributed by atoms with van der Waals surface area (Å²) in [6, 6.07) is 0. The molecule has 0 aliphatic rings. The van der Waals surface area contributed by atoms with Crippen molar-refractivity contribution >= 4 is 20.4 Å². The third-order valence-corrected chi connectivity index (χ3v) is 3.79. The average molecular weight is 197 g/mol. The van der Waals surface area contributed by atoms with Crippen LogP contribution in [0.2, 0.25) is 0 Å². The summed E-state index contributed by atoms with van der Waals surface area (Å²) in [5, 5.41) is 0. The summed E-state index contributed by atoms with van der Waals surface area (Å²) in [5.74, 6) is 0.435. The van der Waals surface area contributed by atoms with E-state index in [4.69, 9.17) is 24.9 Å². The molecule has 0 bridgehead atoms. The molecule has 0 amide bonds. The topological polar surface area (TPSA) is 27.7 Å². The number of alkyl halides is 1. The van der Waals surface area contributed by atoms with E-state index in [2.05, 4.69) is 0 Å². The Kier molecular flexibility index (Phi) is 5.80. The number of hydrogen-bond donors (Lipinski definition) is 0. The molecule has 11 heavy (non-hydrogen) atoms. The van der Waals surface area contributed by atoms with Gasteiger partial charge in [-0.05, 0) is 5.70 Å². The molecular formula is C6H13ClO3Si. The van der Waals surface area contributed by atoms with Gasteiger partial charge >= 0.3 is 8.80 Å². The molecular weight excluding hydrogens is 184 g/mol. The largest absolute Gasteiger partial charge is 0.528 e. The van der Waals surface area contributed by atoms with Crippen molar-refractivity contribution in [3.63, 3.8) is 0 Å². The van der Waals surface area contributed by atoms with E-state index in [-0.39, 0.29) is 0 Å². The Hall–Kier alpha value is 0.127. The van der Waals surface area contributed by atoms with E-state index in [9.17, 15) is 0 Å². The Bertz CT molecular complexity index is 117. The van der Waals surface area contributed by atoms with E-state index < -0.39 is 8.80 Å². The second kappa shape index (κ2) is 5.74. The fourth-order valence-electron chi connectivity index (χ4n) is 0.643. The molecule has 3 nitrogen and oxygen atoms in total. The zero-order valence-electron chi connectivity index (χ0n) is 6.96. The first kappa shape index (κ1) is 11.1. The third kappa shape index (κ3) is 3.35. The van der Waals surface area contributed by atoms with Crippen LogP contribution in [0.5, 0.6) is 0 Å². The molecule has 0 heterocycles. The molecule has 5 heteroatoms. The van der Waals surface area contributed by atoms with Gasteiger partial charge in [-0.1, -0.05) is 6.08 Å². The summed E-state index contributed by atoms with van der Waals surface area (Å²) in [5.41, 5.74) is 1.75. The number of allylic oxidation sites excluding steroid dienone is 1. The summed E-state index contributed by atoms with van der Waals surface area (Å²) < 4.78 is 15.3. The van der Waals surface area contributed by atoms with Crippen LogP contribution in [-0.4, -0.2) is 36.0 Å². The first-order valence-corrected chi connectivity index (χ1v) is 5.47. The summed E-state index contributed by atoms with van der Waals surface area (Å²) in [7, 11) is 2.16. The lowest BCUT2D eigenvalue weighted by Gasteiger charge is -2.19. The van der Waals surface area contributed by atoms with Crippen LogP contribution in [-0.2, 0) is 13.3 Å². The van der Waals surface area contributed by atoms with Crippen molar-refractivity contribution in [2.75, 3.05) is 27.2 Å². The molecule has 0 rings (SSSR count). The van der Waals surface area contributed by atoms with E-state index >= 15 is 0 Å². The third-order valence-electron chi connectivity index (χ3n) is 1.26. The maximum atomic E-state index is 5.45. The van der Waals surface area contributed by atoms with Crippen LogP contribution in [0.1, 0.15) is 0 Å². The van der Waals surface area contributed by atoms with Crippen molar-refractivity contribution in [1.82, 2.24) is 0 Å². The molecule has 66 valence electrons. The van der Waals surface area contributed by atoms with Gasteiger partial charge in [0.2, 0.25) is 0 Å². The van der Waals surface area contributed by atoms with Crippen LogP contribution in [0.3, 0.4) is 0 Å². The highest BCUT2D eigenvalue weighted by Gasteiger charge is 2.33. The van der Waals surface area contributed by atoms with Gasteiger partial charge in [-0.25, -0.2) is 0 Å². The average Bonchev–Trinajstić information content (AvgIpc) is 2.08. The zero-order chi connectivity index (χ0) is 8.74. The van der Waals surface area contributed by atoms with Crippen molar-refractivity contribution in [1.29, 1.82) is 0 Å². The van der Waals surface area contributed by atoms with Crippen LogP contribution in [0.4, 0.5) is 0 Å². The van der Waals surface area contributed by atoms with Crippen LogP contribution in [0.15, 0.2) is 11.8 Å². The highest BCUT2D eigenvalue weighted by molar-refractivity contribution is 6.66. The van der Waals surface area contributed by atoms with Gasteiger partial charge in [0.15, 0.2) is 0 Å². The molecule has 0 saturated heterocycles. The maximum Gasteiger partial charge on any atom is 0.528 e. The van der Waals surface area contributed by atoms with Crippen LogP contribution < -0.4 is 0 Å². The number of hydrogen-bond acceptors (Lipinski definition) is 3. The van der Waals surface area contributed by atoms with Crippen molar-refractivity contribution in [3.05, 3.63) is 11.8 Å². The maximum absolute atomic E-state index is 5.45. The Labute approximate surface area is 73.3 Å². The second-order valence-corrected chi connectivity index (χ2v) is 4.85. The van der Waals surface area contributed by atoms with Gasteiger partial charge in [0, 0.05) is 27.2 Å². The first-order chi connectivity index (χ1) is 5.24. The van der Waals surface area contributed by atoms with Crippen molar-refractivity contribution in [2.45, 2.75) is 0 Å². The van der Waals surface area contributed by atoms with E-state index in [0.717, 1.165) is 0 Å². The van der Waals surface area contributed by atoms with Crippen molar-refractivity contribution in [3.8, 4) is 0 Å². The Morgan fingerprint density at radius 1 is 1.18 bits per heavy atom. The minimum atomic E-state index is -2.50. The first-order valence-electron chi connectivity index (χ1n) is 3.13. The Balaban J connectivity index is 4.16. The molecule has 0 aromatic heterocycles. The minimum Gasteiger partial charge on any atom is -0.374 e. The molecule has 0 fully saturated rings.